The van der Waals surface area contributed by atoms with Crippen molar-refractivity contribution in [3.8, 4) is 23.7 Å². The standard InChI is InChI=1S/C12H10O4/c1-15-11(13)9-7-5-3-4-6-8-10-12(14)16-2/h7-10H,1-2H3/b9-7+,10-8+. The molecule has 4 nitrogen and oxygen atoms in total. The molecule has 16 heavy (non-hydrogen) atoms. The number of carbonyl (C=O) groups is 2. The van der Waals surface area contributed by atoms with E-state index < -0.39 is 11.9 Å². The molecule has 0 fully saturated rings. The van der Waals surface area contributed by atoms with Gasteiger partial charge >= 0.3 is 11.9 Å². The maximum Gasteiger partial charge on any atom is 0.331 e. The molecule has 0 saturated carbocycles. The minimum atomic E-state index is -0.479. The Morgan fingerprint density at radius 2 is 1.25 bits per heavy atom. The molecule has 0 aliphatic rings. The largest absolute Gasteiger partial charge is 0.466 e. The highest BCUT2D eigenvalue weighted by Crippen LogP contribution is 1.76. The summed E-state index contributed by atoms with van der Waals surface area (Å²) >= 11 is 0. The average molecular weight is 218 g/mol. The molecule has 0 rings (SSSR count). The predicted molar refractivity (Wildman–Crippen MR) is 57.9 cm³/mol. The van der Waals surface area contributed by atoms with Gasteiger partial charge in [0, 0.05) is 12.2 Å². The van der Waals surface area contributed by atoms with E-state index in [0.29, 0.717) is 0 Å². The highest BCUT2D eigenvalue weighted by Gasteiger charge is 1.86. The van der Waals surface area contributed by atoms with Crippen molar-refractivity contribution in [3.05, 3.63) is 24.3 Å². The molecule has 0 saturated heterocycles. The second-order valence-electron chi connectivity index (χ2n) is 2.25. The fourth-order valence-electron chi connectivity index (χ4n) is 0.511. The number of rotatable bonds is 2. The molecular formula is C12H10O4. The van der Waals surface area contributed by atoms with Crippen LogP contribution in [0.3, 0.4) is 0 Å². The SMILES string of the molecule is COC(=O)/C=C/C#CC#C/C=C/C(=O)OC. The molecule has 0 N–H and O–H groups in total. The lowest BCUT2D eigenvalue weighted by atomic mass is 10.4. The van der Waals surface area contributed by atoms with Crippen LogP contribution in [0.5, 0.6) is 0 Å². The Hall–Kier alpha value is -2.46. The number of methoxy groups -OCH3 is 2. The van der Waals surface area contributed by atoms with E-state index in [0.717, 1.165) is 0 Å². The number of esters is 2. The van der Waals surface area contributed by atoms with E-state index in [9.17, 15) is 9.59 Å². The van der Waals surface area contributed by atoms with Crippen LogP contribution < -0.4 is 0 Å². The maximum atomic E-state index is 10.6. The molecule has 0 radical (unpaired) electrons. The van der Waals surface area contributed by atoms with Gasteiger partial charge in [0.1, 0.15) is 0 Å². The second-order valence-corrected chi connectivity index (χ2v) is 2.25. The molecule has 0 amide bonds. The van der Waals surface area contributed by atoms with E-state index in [1.807, 2.05) is 0 Å². The fourth-order valence-corrected chi connectivity index (χ4v) is 0.511. The first-order valence-electron chi connectivity index (χ1n) is 4.20. The third-order valence-electron chi connectivity index (χ3n) is 1.21. The van der Waals surface area contributed by atoms with Crippen molar-refractivity contribution in [1.29, 1.82) is 0 Å². The van der Waals surface area contributed by atoms with Gasteiger partial charge in [0.2, 0.25) is 0 Å². The highest BCUT2D eigenvalue weighted by atomic mass is 16.5. The van der Waals surface area contributed by atoms with Crippen LogP contribution >= 0.6 is 0 Å². The number of hydrogen-bond donors (Lipinski definition) is 0. The van der Waals surface area contributed by atoms with Gasteiger partial charge in [-0.1, -0.05) is 11.8 Å². The van der Waals surface area contributed by atoms with Crippen LogP contribution in [0.1, 0.15) is 0 Å². The first-order valence-corrected chi connectivity index (χ1v) is 4.20. The van der Waals surface area contributed by atoms with Gasteiger partial charge in [0.15, 0.2) is 0 Å². The summed E-state index contributed by atoms with van der Waals surface area (Å²) in [5.74, 6) is 8.93. The zero-order valence-corrected chi connectivity index (χ0v) is 8.94. The monoisotopic (exact) mass is 218 g/mol. The summed E-state index contributed by atoms with van der Waals surface area (Å²) in [4.78, 5) is 21.2. The quantitative estimate of drug-likeness (QED) is 0.383. The van der Waals surface area contributed by atoms with Crippen LogP contribution in [0.4, 0.5) is 0 Å². The van der Waals surface area contributed by atoms with E-state index in [4.69, 9.17) is 0 Å². The van der Waals surface area contributed by atoms with Crippen LogP contribution in [0.25, 0.3) is 0 Å². The van der Waals surface area contributed by atoms with Crippen molar-refractivity contribution in [2.24, 2.45) is 0 Å². The Labute approximate surface area is 93.9 Å². The van der Waals surface area contributed by atoms with Crippen LogP contribution in [-0.4, -0.2) is 26.2 Å². The van der Waals surface area contributed by atoms with Gasteiger partial charge in [-0.2, -0.15) is 0 Å². The third-order valence-corrected chi connectivity index (χ3v) is 1.21. The van der Waals surface area contributed by atoms with E-state index in [-0.39, 0.29) is 0 Å². The summed E-state index contributed by atoms with van der Waals surface area (Å²) in [6, 6.07) is 0. The number of ether oxygens (including phenoxy) is 2. The second kappa shape index (κ2) is 9.11. The fraction of sp³-hybridized carbons (Fsp3) is 0.167. The van der Waals surface area contributed by atoms with Crippen molar-refractivity contribution < 1.29 is 19.1 Å². The minimum Gasteiger partial charge on any atom is -0.466 e. The zero-order valence-electron chi connectivity index (χ0n) is 8.94. The molecule has 0 bridgehead atoms. The van der Waals surface area contributed by atoms with E-state index >= 15 is 0 Å². The van der Waals surface area contributed by atoms with Crippen molar-refractivity contribution in [3.63, 3.8) is 0 Å². The summed E-state index contributed by atoms with van der Waals surface area (Å²) in [7, 11) is 2.55. The molecule has 0 heterocycles. The van der Waals surface area contributed by atoms with Gasteiger partial charge in [-0.3, -0.25) is 0 Å². The zero-order chi connectivity index (χ0) is 12.2. The van der Waals surface area contributed by atoms with Crippen LogP contribution in [-0.2, 0) is 19.1 Å². The molecule has 0 aromatic carbocycles. The first kappa shape index (κ1) is 13.5. The number of hydrogen-bond acceptors (Lipinski definition) is 4. The van der Waals surface area contributed by atoms with Crippen LogP contribution in [0.2, 0.25) is 0 Å². The molecule has 0 spiro atoms. The summed E-state index contributed by atoms with van der Waals surface area (Å²) < 4.78 is 8.68. The predicted octanol–water partition coefficient (Wildman–Crippen LogP) is 0.452. The van der Waals surface area contributed by atoms with Crippen LogP contribution in [0, 0.1) is 23.7 Å². The lowest BCUT2D eigenvalue weighted by molar-refractivity contribution is -0.135. The Morgan fingerprint density at radius 3 is 1.56 bits per heavy atom. The number of carbonyl (C=O) groups excluding carboxylic acids is 2. The third kappa shape index (κ3) is 8.15. The van der Waals surface area contributed by atoms with E-state index in [1.54, 1.807) is 0 Å². The Balaban J connectivity index is 4.07. The lowest BCUT2D eigenvalue weighted by Gasteiger charge is -1.84. The Bertz CT molecular complexity index is 379. The highest BCUT2D eigenvalue weighted by molar-refractivity contribution is 5.82. The normalized spacial score (nSPS) is 8.88. The molecule has 0 atom stereocenters. The first-order chi connectivity index (χ1) is 7.70. The van der Waals surface area contributed by atoms with Gasteiger partial charge < -0.3 is 9.47 Å². The van der Waals surface area contributed by atoms with E-state index in [1.165, 1.54) is 38.5 Å². The lowest BCUT2D eigenvalue weighted by Crippen LogP contribution is -1.92. The molecule has 0 aromatic heterocycles. The van der Waals surface area contributed by atoms with Crippen molar-refractivity contribution in [1.82, 2.24) is 0 Å². The summed E-state index contributed by atoms with van der Waals surface area (Å²) in [5.41, 5.74) is 0. The smallest absolute Gasteiger partial charge is 0.331 e. The van der Waals surface area contributed by atoms with Gasteiger partial charge in [-0.25, -0.2) is 9.59 Å². The topological polar surface area (TPSA) is 52.6 Å². The minimum absolute atomic E-state index is 0.479. The van der Waals surface area contributed by atoms with Crippen LogP contribution in [0.15, 0.2) is 24.3 Å². The Kier molecular flexibility index (Phi) is 7.71. The molecule has 4 heteroatoms. The van der Waals surface area contributed by atoms with Crippen molar-refractivity contribution in [2.45, 2.75) is 0 Å². The molecule has 0 aromatic rings. The maximum absolute atomic E-state index is 10.6. The van der Waals surface area contributed by atoms with E-state index in [2.05, 4.69) is 33.2 Å². The molecule has 0 aliphatic heterocycles. The summed E-state index contributed by atoms with van der Waals surface area (Å²) in [6.45, 7) is 0. The van der Waals surface area contributed by atoms with Gasteiger partial charge in [0.05, 0.1) is 14.2 Å². The van der Waals surface area contributed by atoms with Gasteiger partial charge in [0.25, 0.3) is 0 Å². The van der Waals surface area contributed by atoms with Crippen molar-refractivity contribution >= 4 is 11.9 Å². The average Bonchev–Trinajstić information content (AvgIpc) is 2.31. The number of allylic oxidation sites excluding steroid dienone is 2. The van der Waals surface area contributed by atoms with Gasteiger partial charge in [-0.15, -0.1) is 0 Å². The Morgan fingerprint density at radius 1 is 0.875 bits per heavy atom. The molecular weight excluding hydrogens is 208 g/mol. The molecule has 0 aliphatic carbocycles. The molecule has 0 unspecified atom stereocenters. The summed E-state index contributed by atoms with van der Waals surface area (Å²) in [6.07, 6.45) is 5.01. The van der Waals surface area contributed by atoms with Gasteiger partial charge in [-0.05, 0) is 24.0 Å². The summed E-state index contributed by atoms with van der Waals surface area (Å²) in [5, 5.41) is 0. The van der Waals surface area contributed by atoms with Crippen molar-refractivity contribution in [2.75, 3.05) is 14.2 Å². The molecule has 82 valence electrons.